The summed E-state index contributed by atoms with van der Waals surface area (Å²) in [6.45, 7) is 4.22. The minimum atomic E-state index is -4.40. The summed E-state index contributed by atoms with van der Waals surface area (Å²) >= 11 is 0. The summed E-state index contributed by atoms with van der Waals surface area (Å²) < 4.78 is 57.8. The number of halogens is 4. The Balaban J connectivity index is 3.96. The number of ether oxygens (including phenoxy) is 2. The fourth-order valence-corrected chi connectivity index (χ4v) is 1.56. The van der Waals surface area contributed by atoms with Crippen LogP contribution in [0.2, 0.25) is 0 Å². The molecule has 0 aliphatic carbocycles. The van der Waals surface area contributed by atoms with Crippen LogP contribution < -0.4 is 0 Å². The Labute approximate surface area is 144 Å². The highest BCUT2D eigenvalue weighted by atomic mass is 19.3. The molecule has 0 N–H and O–H groups in total. The molecule has 0 aromatic heterocycles. The van der Waals surface area contributed by atoms with Gasteiger partial charge in [-0.1, -0.05) is 17.2 Å². The molecule has 0 aliphatic rings. The van der Waals surface area contributed by atoms with Crippen LogP contribution in [0.4, 0.5) is 17.6 Å². The number of rotatable bonds is 11. The average Bonchev–Trinajstić information content (AvgIpc) is 2.50. The first-order valence-electron chi connectivity index (χ1n) is 7.80. The van der Waals surface area contributed by atoms with E-state index in [9.17, 15) is 27.2 Å². The van der Waals surface area contributed by atoms with Gasteiger partial charge < -0.3 is 9.47 Å². The molecule has 0 unspecified atom stereocenters. The van der Waals surface area contributed by atoms with E-state index < -0.39 is 37.3 Å². The van der Waals surface area contributed by atoms with E-state index in [2.05, 4.69) is 10.8 Å². The lowest BCUT2D eigenvalue weighted by Crippen LogP contribution is -2.33. The van der Waals surface area contributed by atoms with Gasteiger partial charge in [0.2, 0.25) is 0 Å². The molecule has 0 aromatic rings. The minimum absolute atomic E-state index is 0.0397. The van der Waals surface area contributed by atoms with Crippen molar-refractivity contribution >= 4 is 11.9 Å². The van der Waals surface area contributed by atoms with Crippen LogP contribution in [0.15, 0.2) is 23.3 Å². The molecule has 0 bridgehead atoms. The zero-order valence-electron chi connectivity index (χ0n) is 14.6. The lowest BCUT2D eigenvalue weighted by molar-refractivity contribution is -0.180. The Bertz CT molecular complexity index is 495. The monoisotopic (exact) mass is 368 g/mol. The summed E-state index contributed by atoms with van der Waals surface area (Å²) in [5, 5.41) is 0. The molecule has 0 saturated heterocycles. The number of carbonyl (C=O) groups excluding carboxylic acids is 2. The molecule has 144 valence electrons. The van der Waals surface area contributed by atoms with Crippen LogP contribution in [0.3, 0.4) is 0 Å². The third-order valence-electron chi connectivity index (χ3n) is 3.05. The third-order valence-corrected chi connectivity index (χ3v) is 3.05. The molecule has 0 heterocycles. The van der Waals surface area contributed by atoms with E-state index in [1.165, 1.54) is 5.57 Å². The second kappa shape index (κ2) is 11.7. The van der Waals surface area contributed by atoms with Crippen LogP contribution in [0.25, 0.3) is 0 Å². The van der Waals surface area contributed by atoms with Crippen LogP contribution in [0.5, 0.6) is 0 Å². The SMILES string of the molecule is CC(C)=CCC/C(C)=C/COC(=O)CCC(=O)OCC(F)(F)C(F)F. The first-order chi connectivity index (χ1) is 11.5. The maximum absolute atomic E-state index is 12.6. The van der Waals surface area contributed by atoms with Gasteiger partial charge in [-0.15, -0.1) is 0 Å². The molecule has 0 aromatic carbocycles. The van der Waals surface area contributed by atoms with Crippen molar-refractivity contribution in [3.63, 3.8) is 0 Å². The van der Waals surface area contributed by atoms with Gasteiger partial charge in [-0.25, -0.2) is 8.78 Å². The van der Waals surface area contributed by atoms with Crippen molar-refractivity contribution in [3.8, 4) is 0 Å². The number of carbonyl (C=O) groups is 2. The Morgan fingerprint density at radius 2 is 1.52 bits per heavy atom. The standard InChI is InChI=1S/C17H24F4O4/c1-12(2)5-4-6-13(3)9-10-24-14(22)7-8-15(23)25-11-17(20,21)16(18)19/h5,9,16H,4,6-8,10-11H2,1-3H3/b13-9+. The maximum atomic E-state index is 12.6. The van der Waals surface area contributed by atoms with Crippen LogP contribution in [0.1, 0.15) is 46.5 Å². The van der Waals surface area contributed by atoms with Gasteiger partial charge in [0, 0.05) is 0 Å². The minimum Gasteiger partial charge on any atom is -0.461 e. The molecule has 0 fully saturated rings. The smallest absolute Gasteiger partial charge is 0.340 e. The van der Waals surface area contributed by atoms with E-state index in [4.69, 9.17) is 4.74 Å². The van der Waals surface area contributed by atoms with Gasteiger partial charge in [-0.2, -0.15) is 8.78 Å². The summed E-state index contributed by atoms with van der Waals surface area (Å²) in [6.07, 6.45) is 0.730. The van der Waals surface area contributed by atoms with E-state index >= 15 is 0 Å². The second-order valence-corrected chi connectivity index (χ2v) is 5.78. The summed E-state index contributed by atoms with van der Waals surface area (Å²) in [6, 6.07) is 0. The first kappa shape index (κ1) is 23.1. The molecule has 0 rings (SSSR count). The lowest BCUT2D eigenvalue weighted by Gasteiger charge is -2.14. The highest BCUT2D eigenvalue weighted by Crippen LogP contribution is 2.23. The van der Waals surface area contributed by atoms with Crippen molar-refractivity contribution in [2.45, 2.75) is 58.8 Å². The van der Waals surface area contributed by atoms with E-state index in [-0.39, 0.29) is 13.0 Å². The predicted octanol–water partition coefficient (Wildman–Crippen LogP) is 4.45. The number of hydrogen-bond donors (Lipinski definition) is 0. The van der Waals surface area contributed by atoms with Gasteiger partial charge >= 0.3 is 24.3 Å². The number of hydrogen-bond acceptors (Lipinski definition) is 4. The molecule has 0 spiro atoms. The molecule has 0 saturated carbocycles. The summed E-state index contributed by atoms with van der Waals surface area (Å²) in [5.74, 6) is -6.26. The van der Waals surface area contributed by atoms with Crippen LogP contribution >= 0.6 is 0 Å². The molecule has 0 amide bonds. The van der Waals surface area contributed by atoms with Crippen molar-refractivity contribution < 1.29 is 36.6 Å². The number of allylic oxidation sites excluding steroid dienone is 3. The van der Waals surface area contributed by atoms with Crippen molar-refractivity contribution in [2.24, 2.45) is 0 Å². The summed E-state index contributed by atoms with van der Waals surface area (Å²) in [4.78, 5) is 22.6. The molecule has 0 aliphatic heterocycles. The van der Waals surface area contributed by atoms with E-state index in [0.717, 1.165) is 18.4 Å². The lowest BCUT2D eigenvalue weighted by atomic mass is 10.1. The summed E-state index contributed by atoms with van der Waals surface area (Å²) in [7, 11) is 0. The second-order valence-electron chi connectivity index (χ2n) is 5.78. The maximum Gasteiger partial charge on any atom is 0.340 e. The highest BCUT2D eigenvalue weighted by Gasteiger charge is 2.42. The van der Waals surface area contributed by atoms with Gasteiger partial charge in [0.25, 0.3) is 0 Å². The molecular weight excluding hydrogens is 344 g/mol. The molecule has 4 nitrogen and oxygen atoms in total. The Morgan fingerprint density at radius 3 is 2.04 bits per heavy atom. The number of esters is 2. The largest absolute Gasteiger partial charge is 0.461 e. The van der Waals surface area contributed by atoms with Crippen molar-refractivity contribution in [1.29, 1.82) is 0 Å². The number of alkyl halides is 4. The van der Waals surface area contributed by atoms with Gasteiger partial charge in [-0.3, -0.25) is 9.59 Å². The van der Waals surface area contributed by atoms with Gasteiger partial charge in [0.05, 0.1) is 12.8 Å². The van der Waals surface area contributed by atoms with E-state index in [1.54, 1.807) is 6.08 Å². The van der Waals surface area contributed by atoms with Crippen LogP contribution in [-0.2, 0) is 19.1 Å². The molecule has 0 atom stereocenters. The average molecular weight is 368 g/mol. The van der Waals surface area contributed by atoms with Crippen LogP contribution in [0, 0.1) is 0 Å². The Kier molecular flexibility index (Phi) is 10.8. The van der Waals surface area contributed by atoms with Crippen molar-refractivity contribution in [3.05, 3.63) is 23.3 Å². The zero-order chi connectivity index (χ0) is 19.5. The van der Waals surface area contributed by atoms with E-state index in [0.29, 0.717) is 0 Å². The fourth-order valence-electron chi connectivity index (χ4n) is 1.56. The zero-order valence-corrected chi connectivity index (χ0v) is 14.6. The first-order valence-corrected chi connectivity index (χ1v) is 7.80. The molecule has 25 heavy (non-hydrogen) atoms. The van der Waals surface area contributed by atoms with Gasteiger partial charge in [0.1, 0.15) is 6.61 Å². The fraction of sp³-hybridized carbons (Fsp3) is 0.647. The molecular formula is C17H24F4O4. The topological polar surface area (TPSA) is 52.6 Å². The molecule has 0 radical (unpaired) electrons. The van der Waals surface area contributed by atoms with Gasteiger partial charge in [-0.05, 0) is 39.7 Å². The highest BCUT2D eigenvalue weighted by molar-refractivity contribution is 5.77. The molecule has 8 heteroatoms. The summed E-state index contributed by atoms with van der Waals surface area (Å²) in [5.41, 5.74) is 2.26. The quantitative estimate of drug-likeness (QED) is 0.307. The van der Waals surface area contributed by atoms with Gasteiger partial charge in [0.15, 0.2) is 6.61 Å². The Hall–Kier alpha value is -1.86. The predicted molar refractivity (Wildman–Crippen MR) is 84.5 cm³/mol. The Morgan fingerprint density at radius 1 is 0.960 bits per heavy atom. The van der Waals surface area contributed by atoms with Crippen LogP contribution in [-0.4, -0.2) is 37.5 Å². The van der Waals surface area contributed by atoms with Crippen molar-refractivity contribution in [2.75, 3.05) is 13.2 Å². The third kappa shape index (κ3) is 12.2. The normalized spacial score (nSPS) is 12.1. The van der Waals surface area contributed by atoms with Crippen molar-refractivity contribution in [1.82, 2.24) is 0 Å². The van der Waals surface area contributed by atoms with E-state index in [1.807, 2.05) is 20.8 Å².